The Labute approximate surface area is 569 Å². The first-order valence-corrected chi connectivity index (χ1v) is 39.1. The van der Waals surface area contributed by atoms with E-state index in [9.17, 15) is 43.2 Å². The Hall–Kier alpha value is -4.28. The highest BCUT2D eigenvalue weighted by Crippen LogP contribution is 2.45. The molecule has 5 unspecified atom stereocenters. The molecule has 0 aromatic carbocycles. The van der Waals surface area contributed by atoms with Gasteiger partial charge in [-0.3, -0.25) is 37.3 Å². The number of ether oxygens (including phenoxy) is 4. The molecule has 19 heteroatoms. The van der Waals surface area contributed by atoms with Crippen molar-refractivity contribution in [3.05, 3.63) is 109 Å². The minimum atomic E-state index is -4.98. The summed E-state index contributed by atoms with van der Waals surface area (Å²) < 4.78 is 68.2. The van der Waals surface area contributed by atoms with Gasteiger partial charge in [-0.2, -0.15) is 0 Å². The fourth-order valence-electron chi connectivity index (χ4n) is 9.21. The fourth-order valence-corrected chi connectivity index (χ4v) is 10.8. The van der Waals surface area contributed by atoms with Gasteiger partial charge in [0.15, 0.2) is 12.2 Å². The van der Waals surface area contributed by atoms with Gasteiger partial charge in [0, 0.05) is 25.7 Å². The van der Waals surface area contributed by atoms with Crippen LogP contribution in [0.4, 0.5) is 0 Å². The van der Waals surface area contributed by atoms with Crippen LogP contribution in [0, 0.1) is 0 Å². The van der Waals surface area contributed by atoms with Crippen LogP contribution in [-0.2, 0) is 65.4 Å². The first-order valence-electron chi connectivity index (χ1n) is 36.1. The molecule has 0 spiro atoms. The predicted octanol–water partition coefficient (Wildman–Crippen LogP) is 20.2. The van der Waals surface area contributed by atoms with Gasteiger partial charge in [0.1, 0.15) is 19.3 Å². The minimum Gasteiger partial charge on any atom is -0.462 e. The number of phosphoric acid groups is 2. The van der Waals surface area contributed by atoms with Crippen molar-refractivity contribution in [2.75, 3.05) is 39.6 Å². The quantitative estimate of drug-likeness (QED) is 0.0169. The number of aliphatic hydroxyl groups excluding tert-OH is 1. The van der Waals surface area contributed by atoms with E-state index >= 15 is 0 Å². The standard InChI is InChI=1S/C75H128O17P2/c1-5-9-13-17-21-25-29-32-34-37-40-43-47-51-55-59-72(77)85-65-70(91-74(79)61-57-53-49-45-39-28-24-20-16-12-8-4)67-89-93(81,82)87-63-69(76)64-88-94(83,84)90-68-71(92-75(80)62-58-54-50-46-42-36-31-27-23-19-15-11-7-3)66-86-73(78)60-56-52-48-44-41-38-35-33-30-26-22-18-14-10-6-2/h9-10,13-15,19-22,24-27,31-35,69-71,76H,5-8,11-12,16-18,23,28-30,36-68H2,1-4H3,(H,81,82)(H,83,84)/b13-9-,14-10-,19-15-,24-20-,25-21-,26-22-,31-27-,34-32-,35-33-. The Bertz CT molecular complexity index is 2220. The number of allylic oxidation sites excluding steroid dienone is 18. The van der Waals surface area contributed by atoms with Gasteiger partial charge in [0.2, 0.25) is 0 Å². The molecule has 5 atom stereocenters. The maximum Gasteiger partial charge on any atom is 0.472 e. The zero-order valence-corrected chi connectivity index (χ0v) is 60.4. The first kappa shape index (κ1) is 89.7. The second-order valence-electron chi connectivity index (χ2n) is 23.8. The molecule has 0 aliphatic rings. The molecule has 3 N–H and O–H groups in total. The third kappa shape index (κ3) is 66.3. The molecular weight excluding hydrogens is 1230 g/mol. The molecule has 0 aliphatic heterocycles. The lowest BCUT2D eigenvalue weighted by molar-refractivity contribution is -0.161. The summed E-state index contributed by atoms with van der Waals surface area (Å²) in [5, 5.41) is 10.6. The predicted molar refractivity (Wildman–Crippen MR) is 381 cm³/mol. The lowest BCUT2D eigenvalue weighted by Crippen LogP contribution is -2.30. The number of phosphoric ester groups is 2. The zero-order valence-electron chi connectivity index (χ0n) is 58.6. The van der Waals surface area contributed by atoms with E-state index in [0.29, 0.717) is 25.7 Å². The molecule has 0 aliphatic carbocycles. The molecule has 540 valence electrons. The highest BCUT2D eigenvalue weighted by molar-refractivity contribution is 7.47. The van der Waals surface area contributed by atoms with E-state index in [-0.39, 0.29) is 25.7 Å². The maximum absolute atomic E-state index is 13.0. The Balaban J connectivity index is 5.35. The third-order valence-corrected chi connectivity index (χ3v) is 16.6. The third-order valence-electron chi connectivity index (χ3n) is 14.7. The van der Waals surface area contributed by atoms with Gasteiger partial charge in [0.05, 0.1) is 26.4 Å². The zero-order chi connectivity index (χ0) is 69.0. The van der Waals surface area contributed by atoms with Crippen LogP contribution >= 0.6 is 15.6 Å². The molecule has 0 amide bonds. The number of esters is 4. The summed E-state index contributed by atoms with van der Waals surface area (Å²) in [6.07, 6.45) is 69.5. The van der Waals surface area contributed by atoms with E-state index in [1.54, 1.807) is 0 Å². The van der Waals surface area contributed by atoms with Gasteiger partial charge in [-0.25, -0.2) is 9.13 Å². The second kappa shape index (κ2) is 67.3. The van der Waals surface area contributed by atoms with Crippen LogP contribution in [0.5, 0.6) is 0 Å². The number of carbonyl (C=O) groups is 4. The largest absolute Gasteiger partial charge is 0.472 e. The lowest BCUT2D eigenvalue weighted by Gasteiger charge is -2.21. The Kier molecular flexibility index (Phi) is 64.2. The molecule has 17 nitrogen and oxygen atoms in total. The van der Waals surface area contributed by atoms with E-state index in [1.165, 1.54) is 12.8 Å². The molecule has 0 aromatic rings. The van der Waals surface area contributed by atoms with Crippen molar-refractivity contribution in [3.63, 3.8) is 0 Å². The van der Waals surface area contributed by atoms with E-state index in [1.807, 2.05) is 0 Å². The molecule has 94 heavy (non-hydrogen) atoms. The van der Waals surface area contributed by atoms with Crippen molar-refractivity contribution in [1.29, 1.82) is 0 Å². The van der Waals surface area contributed by atoms with Gasteiger partial charge in [-0.15, -0.1) is 0 Å². The number of carbonyl (C=O) groups excluding carboxylic acids is 4. The Morgan fingerprint density at radius 3 is 0.904 bits per heavy atom. The summed E-state index contributed by atoms with van der Waals surface area (Å²) in [5.41, 5.74) is 0. The molecule has 0 saturated heterocycles. The fraction of sp³-hybridized carbons (Fsp3) is 0.707. The van der Waals surface area contributed by atoms with Gasteiger partial charge in [-0.1, -0.05) is 233 Å². The van der Waals surface area contributed by atoms with Crippen LogP contribution in [0.1, 0.15) is 285 Å². The van der Waals surface area contributed by atoms with Gasteiger partial charge in [-0.05, 0) is 135 Å². The van der Waals surface area contributed by atoms with E-state index < -0.39 is 97.5 Å². The van der Waals surface area contributed by atoms with Crippen molar-refractivity contribution in [2.45, 2.75) is 303 Å². The summed E-state index contributed by atoms with van der Waals surface area (Å²) in [7, 11) is -9.95. The van der Waals surface area contributed by atoms with Crippen LogP contribution < -0.4 is 0 Å². The van der Waals surface area contributed by atoms with E-state index in [0.717, 1.165) is 193 Å². The van der Waals surface area contributed by atoms with Crippen LogP contribution in [-0.4, -0.2) is 96.7 Å². The van der Waals surface area contributed by atoms with E-state index in [2.05, 4.69) is 137 Å². The molecular formula is C75H128O17P2. The summed E-state index contributed by atoms with van der Waals surface area (Å²) in [6, 6.07) is 0. The Morgan fingerprint density at radius 1 is 0.309 bits per heavy atom. The highest BCUT2D eigenvalue weighted by Gasteiger charge is 2.30. The maximum atomic E-state index is 13.0. The topological polar surface area (TPSA) is 237 Å². The summed E-state index contributed by atoms with van der Waals surface area (Å²) in [4.78, 5) is 72.6. The smallest absolute Gasteiger partial charge is 0.462 e. The van der Waals surface area contributed by atoms with Crippen molar-refractivity contribution in [1.82, 2.24) is 0 Å². The van der Waals surface area contributed by atoms with Crippen LogP contribution in [0.25, 0.3) is 0 Å². The molecule has 0 radical (unpaired) electrons. The van der Waals surface area contributed by atoms with Gasteiger partial charge in [0.25, 0.3) is 0 Å². The molecule has 0 saturated carbocycles. The number of rotatable bonds is 67. The average Bonchev–Trinajstić information content (AvgIpc) is 1.55. The van der Waals surface area contributed by atoms with Gasteiger partial charge < -0.3 is 33.8 Å². The van der Waals surface area contributed by atoms with Crippen LogP contribution in [0.3, 0.4) is 0 Å². The van der Waals surface area contributed by atoms with Crippen molar-refractivity contribution >= 4 is 39.5 Å². The van der Waals surface area contributed by atoms with Crippen LogP contribution in [0.15, 0.2) is 109 Å². The highest BCUT2D eigenvalue weighted by atomic mass is 31.2. The summed E-state index contributed by atoms with van der Waals surface area (Å²) in [6.45, 7) is 4.47. The summed E-state index contributed by atoms with van der Waals surface area (Å²) >= 11 is 0. The SMILES string of the molecule is CC/C=C\C/C=C\C/C=C\CCCCCCCC(=O)OCC(COP(=O)(O)OCC(O)COP(=O)(O)OCC(COC(=O)CCCCCCC/C=C\C/C=C\C/C=C\CC)OC(=O)CCCCCCC/C=C\CCCC)OC(=O)CCCCCCC/C=C\C/C=C\CCC. The molecule has 0 fully saturated rings. The van der Waals surface area contributed by atoms with Gasteiger partial charge >= 0.3 is 39.5 Å². The molecule has 0 bridgehead atoms. The summed E-state index contributed by atoms with van der Waals surface area (Å²) in [5.74, 6) is -2.24. The second-order valence-corrected chi connectivity index (χ2v) is 26.7. The number of hydrogen-bond acceptors (Lipinski definition) is 15. The number of aliphatic hydroxyl groups is 1. The molecule has 0 rings (SSSR count). The van der Waals surface area contributed by atoms with Crippen LogP contribution in [0.2, 0.25) is 0 Å². The Morgan fingerprint density at radius 2 is 0.574 bits per heavy atom. The minimum absolute atomic E-state index is 0.0731. The normalized spacial score (nSPS) is 14.7. The van der Waals surface area contributed by atoms with Crippen molar-refractivity contribution in [2.24, 2.45) is 0 Å². The van der Waals surface area contributed by atoms with E-state index in [4.69, 9.17) is 37.0 Å². The monoisotopic (exact) mass is 1360 g/mol. The number of unbranched alkanes of at least 4 members (excludes halogenated alkanes) is 23. The first-order chi connectivity index (χ1) is 45.7. The van der Waals surface area contributed by atoms with Crippen molar-refractivity contribution < 1.29 is 80.2 Å². The number of hydrogen-bond donors (Lipinski definition) is 3. The lowest BCUT2D eigenvalue weighted by atomic mass is 10.1. The average molecular weight is 1360 g/mol. The molecule has 0 heterocycles. The van der Waals surface area contributed by atoms with Crippen molar-refractivity contribution in [3.8, 4) is 0 Å². The molecule has 0 aromatic heterocycles.